The van der Waals surface area contributed by atoms with Gasteiger partial charge in [0.1, 0.15) is 5.75 Å². The highest BCUT2D eigenvalue weighted by Crippen LogP contribution is 2.28. The quantitative estimate of drug-likeness (QED) is 0.805. The Balaban J connectivity index is 2.68. The molecule has 0 saturated heterocycles. The molecule has 0 aliphatic carbocycles. The van der Waals surface area contributed by atoms with Crippen LogP contribution in [0.25, 0.3) is 0 Å². The summed E-state index contributed by atoms with van der Waals surface area (Å²) in [5, 5.41) is 10.0. The molecule has 0 radical (unpaired) electrons. The highest BCUT2D eigenvalue weighted by atomic mass is 16.5. The lowest BCUT2D eigenvalue weighted by atomic mass is 9.99. The van der Waals surface area contributed by atoms with E-state index in [1.165, 1.54) is 0 Å². The Kier molecular flexibility index (Phi) is 4.63. The highest BCUT2D eigenvalue weighted by molar-refractivity contribution is 5.34. The fraction of sp³-hybridized carbons (Fsp3) is 0.538. The van der Waals surface area contributed by atoms with Crippen molar-refractivity contribution in [3.05, 3.63) is 29.8 Å². The minimum atomic E-state index is -0.413. The van der Waals surface area contributed by atoms with Crippen molar-refractivity contribution in [2.75, 3.05) is 7.11 Å². The molecule has 1 aromatic carbocycles. The Labute approximate surface area is 91.9 Å². The fourth-order valence-corrected chi connectivity index (χ4v) is 1.59. The summed E-state index contributed by atoms with van der Waals surface area (Å²) in [5.41, 5.74) is 0.889. The number of hydrogen-bond acceptors (Lipinski definition) is 2. The van der Waals surface area contributed by atoms with Gasteiger partial charge in [0.05, 0.1) is 13.2 Å². The zero-order chi connectivity index (χ0) is 11.3. The number of benzene rings is 1. The number of aliphatic hydroxyl groups is 1. The van der Waals surface area contributed by atoms with E-state index in [0.717, 1.165) is 24.2 Å². The molecule has 1 rings (SSSR count). The molecule has 0 aliphatic heterocycles. The van der Waals surface area contributed by atoms with Crippen LogP contribution in [0.3, 0.4) is 0 Å². The lowest BCUT2D eigenvalue weighted by molar-refractivity contribution is 0.155. The maximum absolute atomic E-state index is 10.0. The number of para-hydroxylation sites is 1. The van der Waals surface area contributed by atoms with Crippen molar-refractivity contribution in [1.82, 2.24) is 0 Å². The van der Waals surface area contributed by atoms with Gasteiger partial charge in [-0.05, 0) is 24.8 Å². The zero-order valence-electron chi connectivity index (χ0n) is 9.73. The van der Waals surface area contributed by atoms with Crippen molar-refractivity contribution < 1.29 is 9.84 Å². The van der Waals surface area contributed by atoms with Crippen LogP contribution in [0, 0.1) is 5.92 Å². The van der Waals surface area contributed by atoms with Gasteiger partial charge >= 0.3 is 0 Å². The van der Waals surface area contributed by atoms with E-state index < -0.39 is 6.10 Å². The lowest BCUT2D eigenvalue weighted by Crippen LogP contribution is -2.02. The largest absolute Gasteiger partial charge is 0.496 e. The maximum atomic E-state index is 10.0. The average molecular weight is 208 g/mol. The van der Waals surface area contributed by atoms with Gasteiger partial charge in [0.15, 0.2) is 0 Å². The first-order valence-electron chi connectivity index (χ1n) is 5.46. The molecule has 0 fully saturated rings. The van der Waals surface area contributed by atoms with Crippen LogP contribution < -0.4 is 4.74 Å². The number of hydrogen-bond donors (Lipinski definition) is 1. The summed E-state index contributed by atoms with van der Waals surface area (Å²) < 4.78 is 5.21. The molecule has 0 spiro atoms. The van der Waals surface area contributed by atoms with Gasteiger partial charge in [-0.3, -0.25) is 0 Å². The smallest absolute Gasteiger partial charge is 0.124 e. The Bertz CT molecular complexity index is 294. The molecule has 1 N–H and O–H groups in total. The van der Waals surface area contributed by atoms with Crippen molar-refractivity contribution >= 4 is 0 Å². The van der Waals surface area contributed by atoms with E-state index in [2.05, 4.69) is 13.8 Å². The van der Waals surface area contributed by atoms with E-state index in [0.29, 0.717) is 5.92 Å². The Morgan fingerprint density at radius 2 is 1.87 bits per heavy atom. The van der Waals surface area contributed by atoms with Crippen molar-refractivity contribution in [1.29, 1.82) is 0 Å². The summed E-state index contributed by atoms with van der Waals surface area (Å²) in [6, 6.07) is 7.64. The molecule has 1 unspecified atom stereocenters. The SMILES string of the molecule is COc1ccccc1C(O)CCC(C)C. The van der Waals surface area contributed by atoms with E-state index in [-0.39, 0.29) is 0 Å². The van der Waals surface area contributed by atoms with E-state index in [4.69, 9.17) is 4.74 Å². The molecule has 0 aromatic heterocycles. The molecule has 0 heterocycles. The summed E-state index contributed by atoms with van der Waals surface area (Å²) in [6.07, 6.45) is 1.40. The van der Waals surface area contributed by atoms with Crippen molar-refractivity contribution in [2.45, 2.75) is 32.8 Å². The predicted molar refractivity (Wildman–Crippen MR) is 62.0 cm³/mol. The second kappa shape index (κ2) is 5.76. The van der Waals surface area contributed by atoms with Crippen LogP contribution >= 0.6 is 0 Å². The number of methoxy groups -OCH3 is 1. The second-order valence-corrected chi connectivity index (χ2v) is 4.23. The molecular formula is C13H20O2. The van der Waals surface area contributed by atoms with Gasteiger partial charge in [0.2, 0.25) is 0 Å². The summed E-state index contributed by atoms with van der Waals surface area (Å²) in [5.74, 6) is 1.39. The molecule has 84 valence electrons. The summed E-state index contributed by atoms with van der Waals surface area (Å²) >= 11 is 0. The Morgan fingerprint density at radius 1 is 1.20 bits per heavy atom. The molecule has 0 amide bonds. The minimum Gasteiger partial charge on any atom is -0.496 e. The first kappa shape index (κ1) is 12.1. The third-order valence-corrected chi connectivity index (χ3v) is 2.52. The summed E-state index contributed by atoms with van der Waals surface area (Å²) in [4.78, 5) is 0. The van der Waals surface area contributed by atoms with E-state index in [9.17, 15) is 5.11 Å². The number of ether oxygens (including phenoxy) is 1. The lowest BCUT2D eigenvalue weighted by Gasteiger charge is -2.15. The van der Waals surface area contributed by atoms with Crippen molar-refractivity contribution in [3.8, 4) is 5.75 Å². The van der Waals surface area contributed by atoms with Crippen LogP contribution in [0.1, 0.15) is 38.4 Å². The van der Waals surface area contributed by atoms with Crippen LogP contribution in [-0.4, -0.2) is 12.2 Å². The fourth-order valence-electron chi connectivity index (χ4n) is 1.59. The summed E-state index contributed by atoms with van der Waals surface area (Å²) in [6.45, 7) is 4.32. The predicted octanol–water partition coefficient (Wildman–Crippen LogP) is 3.16. The maximum Gasteiger partial charge on any atom is 0.124 e. The van der Waals surface area contributed by atoms with Crippen LogP contribution in [0.2, 0.25) is 0 Å². The van der Waals surface area contributed by atoms with Gasteiger partial charge in [0.25, 0.3) is 0 Å². The molecule has 0 bridgehead atoms. The molecule has 0 aliphatic rings. The van der Waals surface area contributed by atoms with Crippen LogP contribution in [0.15, 0.2) is 24.3 Å². The number of aliphatic hydroxyl groups excluding tert-OH is 1. The van der Waals surface area contributed by atoms with Gasteiger partial charge < -0.3 is 9.84 Å². The molecule has 2 nitrogen and oxygen atoms in total. The molecule has 2 heteroatoms. The van der Waals surface area contributed by atoms with Gasteiger partial charge in [-0.2, -0.15) is 0 Å². The Morgan fingerprint density at radius 3 is 2.47 bits per heavy atom. The standard InChI is InChI=1S/C13H20O2/c1-10(2)8-9-12(14)11-6-4-5-7-13(11)15-3/h4-7,10,12,14H,8-9H2,1-3H3. The highest BCUT2D eigenvalue weighted by Gasteiger charge is 2.12. The van der Waals surface area contributed by atoms with Gasteiger partial charge in [-0.1, -0.05) is 32.0 Å². The van der Waals surface area contributed by atoms with Crippen LogP contribution in [0.5, 0.6) is 5.75 Å². The molecule has 1 aromatic rings. The second-order valence-electron chi connectivity index (χ2n) is 4.23. The Hall–Kier alpha value is -1.02. The summed E-state index contributed by atoms with van der Waals surface area (Å²) in [7, 11) is 1.63. The van der Waals surface area contributed by atoms with Gasteiger partial charge in [-0.15, -0.1) is 0 Å². The number of rotatable bonds is 5. The zero-order valence-corrected chi connectivity index (χ0v) is 9.73. The normalized spacial score (nSPS) is 12.9. The van der Waals surface area contributed by atoms with Crippen molar-refractivity contribution in [2.24, 2.45) is 5.92 Å². The topological polar surface area (TPSA) is 29.5 Å². The van der Waals surface area contributed by atoms with Crippen LogP contribution in [-0.2, 0) is 0 Å². The molecular weight excluding hydrogens is 188 g/mol. The van der Waals surface area contributed by atoms with Gasteiger partial charge in [0, 0.05) is 5.56 Å². The van der Waals surface area contributed by atoms with Crippen molar-refractivity contribution in [3.63, 3.8) is 0 Å². The molecule has 0 saturated carbocycles. The third-order valence-electron chi connectivity index (χ3n) is 2.52. The van der Waals surface area contributed by atoms with E-state index >= 15 is 0 Å². The first-order chi connectivity index (χ1) is 7.15. The molecule has 1 atom stereocenters. The van der Waals surface area contributed by atoms with E-state index in [1.807, 2.05) is 24.3 Å². The van der Waals surface area contributed by atoms with Gasteiger partial charge in [-0.25, -0.2) is 0 Å². The molecule has 15 heavy (non-hydrogen) atoms. The first-order valence-corrected chi connectivity index (χ1v) is 5.46. The third kappa shape index (κ3) is 3.56. The van der Waals surface area contributed by atoms with E-state index in [1.54, 1.807) is 7.11 Å². The monoisotopic (exact) mass is 208 g/mol. The van der Waals surface area contributed by atoms with Crippen LogP contribution in [0.4, 0.5) is 0 Å². The minimum absolute atomic E-state index is 0.413. The average Bonchev–Trinajstić information content (AvgIpc) is 2.25.